The van der Waals surface area contributed by atoms with E-state index in [1.54, 1.807) is 24.3 Å². The van der Waals surface area contributed by atoms with Crippen LogP contribution in [0.2, 0.25) is 0 Å². The van der Waals surface area contributed by atoms with Crippen LogP contribution >= 0.6 is 0 Å². The van der Waals surface area contributed by atoms with E-state index < -0.39 is 0 Å². The first-order chi connectivity index (χ1) is 9.36. The molecule has 0 amide bonds. The second kappa shape index (κ2) is 4.82. The van der Waals surface area contributed by atoms with E-state index in [9.17, 15) is 0 Å². The molecule has 92 valence electrons. The average Bonchev–Trinajstić information content (AvgIpc) is 2.98. The second-order valence-corrected chi connectivity index (χ2v) is 4.04. The van der Waals surface area contributed by atoms with E-state index >= 15 is 0 Å². The number of aromatic nitrogens is 4. The van der Waals surface area contributed by atoms with Crippen LogP contribution in [0.1, 0.15) is 24.2 Å². The SMILES string of the molecule is N#Cc1ccc(-n2nnc(C3=CCCC=N3)n2)cc1. The minimum Gasteiger partial charge on any atom is -0.257 e. The molecule has 19 heavy (non-hydrogen) atoms. The van der Waals surface area contributed by atoms with Crippen LogP contribution in [0.4, 0.5) is 0 Å². The van der Waals surface area contributed by atoms with Crippen molar-refractivity contribution in [3.8, 4) is 11.8 Å². The summed E-state index contributed by atoms with van der Waals surface area (Å²) in [6.45, 7) is 0. The summed E-state index contributed by atoms with van der Waals surface area (Å²) in [5.74, 6) is 0.514. The van der Waals surface area contributed by atoms with Gasteiger partial charge in [-0.05, 0) is 42.3 Å². The van der Waals surface area contributed by atoms with E-state index in [1.165, 1.54) is 4.80 Å². The van der Waals surface area contributed by atoms with E-state index in [0.717, 1.165) is 24.2 Å². The number of hydrogen-bond donors (Lipinski definition) is 0. The van der Waals surface area contributed by atoms with Gasteiger partial charge in [0.15, 0.2) is 0 Å². The zero-order valence-electron chi connectivity index (χ0n) is 10.1. The standard InChI is InChI=1S/C13H10N6/c14-9-10-4-6-11(7-5-10)19-17-13(16-18-19)12-3-1-2-8-15-12/h3-8H,1-2H2. The normalized spacial score (nSPS) is 13.9. The number of rotatable bonds is 2. The molecule has 0 fully saturated rings. The van der Waals surface area contributed by atoms with Gasteiger partial charge in [0, 0.05) is 6.21 Å². The molecule has 0 aliphatic carbocycles. The zero-order chi connectivity index (χ0) is 13.1. The summed E-state index contributed by atoms with van der Waals surface area (Å²) in [5, 5.41) is 21.0. The van der Waals surface area contributed by atoms with Crippen LogP contribution < -0.4 is 0 Å². The monoisotopic (exact) mass is 250 g/mol. The second-order valence-electron chi connectivity index (χ2n) is 4.04. The summed E-state index contributed by atoms with van der Waals surface area (Å²) >= 11 is 0. The molecule has 0 saturated heterocycles. The summed E-state index contributed by atoms with van der Waals surface area (Å²) in [4.78, 5) is 5.68. The van der Waals surface area contributed by atoms with Gasteiger partial charge < -0.3 is 0 Å². The molecule has 6 nitrogen and oxygen atoms in total. The van der Waals surface area contributed by atoms with Gasteiger partial charge in [-0.25, -0.2) is 0 Å². The van der Waals surface area contributed by atoms with E-state index in [0.29, 0.717) is 11.4 Å². The predicted octanol–water partition coefficient (Wildman–Crippen LogP) is 1.74. The molecule has 3 rings (SSSR count). The molecule has 0 radical (unpaired) electrons. The van der Waals surface area contributed by atoms with E-state index in [1.807, 2.05) is 12.3 Å². The van der Waals surface area contributed by atoms with Crippen molar-refractivity contribution in [1.82, 2.24) is 20.2 Å². The summed E-state index contributed by atoms with van der Waals surface area (Å²) in [7, 11) is 0. The Bertz CT molecular complexity index is 687. The third-order valence-electron chi connectivity index (χ3n) is 2.73. The van der Waals surface area contributed by atoms with Crippen LogP contribution in [0.5, 0.6) is 0 Å². The number of nitriles is 1. The van der Waals surface area contributed by atoms with Gasteiger partial charge in [0.2, 0.25) is 5.82 Å². The third-order valence-corrected chi connectivity index (χ3v) is 2.73. The lowest BCUT2D eigenvalue weighted by atomic mass is 10.2. The largest absolute Gasteiger partial charge is 0.257 e. The fourth-order valence-electron chi connectivity index (χ4n) is 1.75. The Morgan fingerprint density at radius 3 is 2.68 bits per heavy atom. The Morgan fingerprint density at radius 1 is 1.16 bits per heavy atom. The Labute approximate surface area is 109 Å². The van der Waals surface area contributed by atoms with E-state index in [2.05, 4.69) is 26.5 Å². The van der Waals surface area contributed by atoms with Crippen molar-refractivity contribution in [1.29, 1.82) is 5.26 Å². The van der Waals surface area contributed by atoms with Gasteiger partial charge in [-0.15, -0.1) is 15.0 Å². The van der Waals surface area contributed by atoms with Gasteiger partial charge in [-0.3, -0.25) is 4.99 Å². The van der Waals surface area contributed by atoms with Crippen molar-refractivity contribution in [2.45, 2.75) is 12.8 Å². The summed E-state index contributed by atoms with van der Waals surface area (Å²) in [5.41, 5.74) is 2.12. The number of hydrogen-bond acceptors (Lipinski definition) is 5. The maximum Gasteiger partial charge on any atom is 0.223 e. The number of tetrazole rings is 1. The molecule has 0 N–H and O–H groups in total. The quantitative estimate of drug-likeness (QED) is 0.813. The first-order valence-corrected chi connectivity index (χ1v) is 5.90. The van der Waals surface area contributed by atoms with Crippen LogP contribution in [0.15, 0.2) is 35.3 Å². The van der Waals surface area contributed by atoms with Crippen molar-refractivity contribution in [3.63, 3.8) is 0 Å². The molecule has 1 aromatic carbocycles. The summed E-state index contributed by atoms with van der Waals surface area (Å²) in [6, 6.07) is 9.07. The molecule has 1 aliphatic rings. The minimum atomic E-state index is 0.514. The molecular formula is C13H10N6. The van der Waals surface area contributed by atoms with Crippen LogP contribution in [0.25, 0.3) is 11.4 Å². The van der Waals surface area contributed by atoms with Gasteiger partial charge in [-0.1, -0.05) is 6.08 Å². The number of nitrogens with zero attached hydrogens (tertiary/aromatic N) is 6. The number of aliphatic imine (C=N–C) groups is 1. The smallest absolute Gasteiger partial charge is 0.223 e. The maximum absolute atomic E-state index is 8.75. The highest BCUT2D eigenvalue weighted by Gasteiger charge is 2.10. The fourth-order valence-corrected chi connectivity index (χ4v) is 1.75. The first kappa shape index (κ1) is 11.3. The van der Waals surface area contributed by atoms with Gasteiger partial charge in [0.25, 0.3) is 0 Å². The van der Waals surface area contributed by atoms with E-state index in [-0.39, 0.29) is 0 Å². The van der Waals surface area contributed by atoms with Gasteiger partial charge in [0.1, 0.15) is 5.70 Å². The molecule has 2 heterocycles. The van der Waals surface area contributed by atoms with Crippen LogP contribution in [-0.2, 0) is 0 Å². The first-order valence-electron chi connectivity index (χ1n) is 5.90. The predicted molar refractivity (Wildman–Crippen MR) is 69.6 cm³/mol. The highest BCUT2D eigenvalue weighted by molar-refractivity contribution is 5.73. The fraction of sp³-hybridized carbons (Fsp3) is 0.154. The minimum absolute atomic E-state index is 0.514. The molecule has 0 atom stereocenters. The molecule has 0 bridgehead atoms. The van der Waals surface area contributed by atoms with Crippen LogP contribution in [0, 0.1) is 11.3 Å². The third kappa shape index (κ3) is 2.26. The van der Waals surface area contributed by atoms with Gasteiger partial charge in [-0.2, -0.15) is 5.26 Å². The summed E-state index contributed by atoms with van der Waals surface area (Å²) < 4.78 is 0. The highest BCUT2D eigenvalue weighted by atomic mass is 15.6. The van der Waals surface area contributed by atoms with Crippen LogP contribution in [-0.4, -0.2) is 26.4 Å². The van der Waals surface area contributed by atoms with Crippen molar-refractivity contribution >= 4 is 11.9 Å². The molecular weight excluding hydrogens is 240 g/mol. The molecule has 0 saturated carbocycles. The Hall–Kier alpha value is -2.81. The van der Waals surface area contributed by atoms with Crippen LogP contribution in [0.3, 0.4) is 0 Å². The molecule has 1 aromatic heterocycles. The van der Waals surface area contributed by atoms with Gasteiger partial charge in [0.05, 0.1) is 17.3 Å². The maximum atomic E-state index is 8.75. The summed E-state index contributed by atoms with van der Waals surface area (Å²) in [6.07, 6.45) is 5.76. The average molecular weight is 250 g/mol. The lowest BCUT2D eigenvalue weighted by Crippen LogP contribution is -1.99. The highest BCUT2D eigenvalue weighted by Crippen LogP contribution is 2.16. The lowest BCUT2D eigenvalue weighted by Gasteiger charge is -2.00. The Morgan fingerprint density at radius 2 is 2.00 bits per heavy atom. The topological polar surface area (TPSA) is 79.8 Å². The molecule has 0 spiro atoms. The lowest BCUT2D eigenvalue weighted by molar-refractivity contribution is 0.719. The number of allylic oxidation sites excluding steroid dienone is 1. The molecule has 1 aliphatic heterocycles. The van der Waals surface area contributed by atoms with Crippen molar-refractivity contribution in [2.24, 2.45) is 4.99 Å². The zero-order valence-corrected chi connectivity index (χ0v) is 10.1. The Kier molecular flexibility index (Phi) is 2.86. The molecule has 2 aromatic rings. The molecule has 0 unspecified atom stereocenters. The van der Waals surface area contributed by atoms with Gasteiger partial charge >= 0.3 is 0 Å². The van der Waals surface area contributed by atoms with Crippen molar-refractivity contribution in [2.75, 3.05) is 0 Å². The van der Waals surface area contributed by atoms with E-state index in [4.69, 9.17) is 5.26 Å². The number of benzene rings is 1. The van der Waals surface area contributed by atoms with Crippen molar-refractivity contribution < 1.29 is 0 Å². The molecule has 6 heteroatoms. The Balaban J connectivity index is 1.90. The van der Waals surface area contributed by atoms with Crippen molar-refractivity contribution in [3.05, 3.63) is 41.7 Å².